The Hall–Kier alpha value is -2.41. The predicted molar refractivity (Wildman–Crippen MR) is 110 cm³/mol. The van der Waals surface area contributed by atoms with Gasteiger partial charge in [-0.05, 0) is 49.2 Å². The van der Waals surface area contributed by atoms with Crippen molar-refractivity contribution in [3.05, 3.63) is 52.6 Å². The van der Waals surface area contributed by atoms with Gasteiger partial charge >= 0.3 is 0 Å². The Morgan fingerprint density at radius 2 is 1.75 bits per heavy atom. The van der Waals surface area contributed by atoms with Gasteiger partial charge in [-0.3, -0.25) is 9.59 Å². The lowest BCUT2D eigenvalue weighted by molar-refractivity contribution is -0.125. The predicted octanol–water partition coefficient (Wildman–Crippen LogP) is 4.06. The summed E-state index contributed by atoms with van der Waals surface area (Å²) in [6.45, 7) is 0.758. The van der Waals surface area contributed by atoms with Crippen molar-refractivity contribution < 1.29 is 14.3 Å². The van der Waals surface area contributed by atoms with Crippen LogP contribution in [0.2, 0.25) is 0 Å². The molecule has 0 atom stereocenters. The molecule has 3 rings (SSSR count). The molecule has 1 aliphatic rings. The zero-order valence-corrected chi connectivity index (χ0v) is 17.2. The first kappa shape index (κ1) is 20.3. The molecule has 7 heteroatoms. The summed E-state index contributed by atoms with van der Waals surface area (Å²) in [7, 11) is 0. The van der Waals surface area contributed by atoms with E-state index in [1.165, 1.54) is 6.42 Å². The van der Waals surface area contributed by atoms with Gasteiger partial charge in [-0.15, -0.1) is 0 Å². The van der Waals surface area contributed by atoms with E-state index in [2.05, 4.69) is 31.5 Å². The first-order valence-corrected chi connectivity index (χ1v) is 10.4. The van der Waals surface area contributed by atoms with Gasteiger partial charge in [0.1, 0.15) is 11.3 Å². The van der Waals surface area contributed by atoms with Gasteiger partial charge in [-0.2, -0.15) is 0 Å². The van der Waals surface area contributed by atoms with Gasteiger partial charge in [-0.1, -0.05) is 35.2 Å². The van der Waals surface area contributed by atoms with E-state index < -0.39 is 0 Å². The number of hydrogen-bond acceptors (Lipinski definition) is 4. The van der Waals surface area contributed by atoms with Crippen molar-refractivity contribution in [2.45, 2.75) is 32.1 Å². The lowest BCUT2D eigenvalue weighted by Gasteiger charge is -2.20. The highest BCUT2D eigenvalue weighted by Gasteiger charge is 2.20. The second kappa shape index (κ2) is 10.2. The van der Waals surface area contributed by atoms with Crippen molar-refractivity contribution in [1.29, 1.82) is 0 Å². The van der Waals surface area contributed by atoms with Crippen molar-refractivity contribution in [3.63, 3.8) is 0 Å². The topological polar surface area (TPSA) is 80.3 Å². The van der Waals surface area contributed by atoms with Crippen LogP contribution in [-0.2, 0) is 4.79 Å². The highest BCUT2D eigenvalue weighted by Crippen LogP contribution is 2.25. The standard InChI is InChI=1S/C21H24BrN3O3/c22-16-8-10-17(11-9-16)28-21-18(7-4-12-25-21)20(27)24-14-13-23-19(26)15-5-2-1-3-6-15/h4,7-12,15H,1-3,5-6,13-14H2,(H,23,26)(H,24,27). The minimum Gasteiger partial charge on any atom is -0.438 e. The summed E-state index contributed by atoms with van der Waals surface area (Å²) in [6, 6.07) is 10.6. The molecule has 0 unspecified atom stereocenters. The number of hydrogen-bond donors (Lipinski definition) is 2. The zero-order chi connectivity index (χ0) is 19.8. The van der Waals surface area contributed by atoms with Crippen molar-refractivity contribution >= 4 is 27.7 Å². The number of halogens is 1. The summed E-state index contributed by atoms with van der Waals surface area (Å²) in [5.41, 5.74) is 0.351. The van der Waals surface area contributed by atoms with Crippen LogP contribution in [0, 0.1) is 5.92 Å². The number of ether oxygens (including phenoxy) is 1. The molecule has 0 saturated heterocycles. The molecule has 1 aliphatic carbocycles. The molecule has 1 heterocycles. The molecule has 1 saturated carbocycles. The van der Waals surface area contributed by atoms with Crippen LogP contribution >= 0.6 is 15.9 Å². The first-order chi connectivity index (χ1) is 13.6. The van der Waals surface area contributed by atoms with E-state index in [0.717, 1.165) is 30.2 Å². The molecule has 0 bridgehead atoms. The van der Waals surface area contributed by atoms with Gasteiger partial charge in [0.15, 0.2) is 0 Å². The van der Waals surface area contributed by atoms with E-state index >= 15 is 0 Å². The highest BCUT2D eigenvalue weighted by molar-refractivity contribution is 9.10. The SMILES string of the molecule is O=C(NCCNC(=O)C1CCCCC1)c1cccnc1Oc1ccc(Br)cc1. The molecule has 148 valence electrons. The second-order valence-electron chi connectivity index (χ2n) is 6.79. The fourth-order valence-electron chi connectivity index (χ4n) is 3.23. The van der Waals surface area contributed by atoms with Crippen LogP contribution in [0.3, 0.4) is 0 Å². The van der Waals surface area contributed by atoms with Gasteiger partial charge < -0.3 is 15.4 Å². The van der Waals surface area contributed by atoms with E-state index in [1.54, 1.807) is 30.5 Å². The molecule has 2 N–H and O–H groups in total. The fraction of sp³-hybridized carbons (Fsp3) is 0.381. The third-order valence-electron chi connectivity index (χ3n) is 4.73. The maximum absolute atomic E-state index is 12.5. The molecule has 0 aliphatic heterocycles. The molecule has 2 amide bonds. The van der Waals surface area contributed by atoms with E-state index in [0.29, 0.717) is 24.4 Å². The van der Waals surface area contributed by atoms with E-state index in [-0.39, 0.29) is 23.6 Å². The average Bonchev–Trinajstić information content (AvgIpc) is 2.73. The van der Waals surface area contributed by atoms with Gasteiger partial charge in [0.2, 0.25) is 11.8 Å². The Morgan fingerprint density at radius 1 is 1.04 bits per heavy atom. The normalized spacial score (nSPS) is 14.3. The molecule has 1 fully saturated rings. The summed E-state index contributed by atoms with van der Waals surface area (Å²) in [5, 5.41) is 5.73. The Labute approximate surface area is 173 Å². The number of aromatic nitrogens is 1. The van der Waals surface area contributed by atoms with Crippen LogP contribution in [0.25, 0.3) is 0 Å². The highest BCUT2D eigenvalue weighted by atomic mass is 79.9. The minimum atomic E-state index is -0.285. The number of rotatable bonds is 7. The number of pyridine rings is 1. The van der Waals surface area contributed by atoms with Crippen LogP contribution in [0.1, 0.15) is 42.5 Å². The largest absolute Gasteiger partial charge is 0.438 e. The Kier molecular flexibility index (Phi) is 7.42. The van der Waals surface area contributed by atoms with Crippen molar-refractivity contribution in [3.8, 4) is 11.6 Å². The summed E-state index contributed by atoms with van der Waals surface area (Å²) < 4.78 is 6.69. The van der Waals surface area contributed by atoms with Crippen molar-refractivity contribution in [1.82, 2.24) is 15.6 Å². The Morgan fingerprint density at radius 3 is 2.50 bits per heavy atom. The van der Waals surface area contributed by atoms with Gasteiger partial charge in [0, 0.05) is 29.7 Å². The average molecular weight is 446 g/mol. The smallest absolute Gasteiger partial charge is 0.256 e. The fourth-order valence-corrected chi connectivity index (χ4v) is 3.49. The molecule has 0 radical (unpaired) electrons. The summed E-state index contributed by atoms with van der Waals surface area (Å²) in [6.07, 6.45) is 6.97. The number of carbonyl (C=O) groups excluding carboxylic acids is 2. The third-order valence-corrected chi connectivity index (χ3v) is 5.26. The van der Waals surface area contributed by atoms with E-state index in [9.17, 15) is 9.59 Å². The van der Waals surface area contributed by atoms with Gasteiger partial charge in [0.25, 0.3) is 5.91 Å². The van der Waals surface area contributed by atoms with Crippen LogP contribution in [-0.4, -0.2) is 29.9 Å². The van der Waals surface area contributed by atoms with Gasteiger partial charge in [0.05, 0.1) is 0 Å². The molecule has 1 aromatic carbocycles. The quantitative estimate of drug-likeness (QED) is 0.629. The summed E-state index contributed by atoms with van der Waals surface area (Å²) in [4.78, 5) is 28.8. The number of amides is 2. The first-order valence-electron chi connectivity index (χ1n) is 9.58. The van der Waals surface area contributed by atoms with E-state index in [1.807, 2.05) is 12.1 Å². The monoisotopic (exact) mass is 445 g/mol. The minimum absolute atomic E-state index is 0.0922. The molecule has 28 heavy (non-hydrogen) atoms. The van der Waals surface area contributed by atoms with Crippen LogP contribution < -0.4 is 15.4 Å². The maximum atomic E-state index is 12.5. The van der Waals surface area contributed by atoms with Crippen LogP contribution in [0.4, 0.5) is 0 Å². The third kappa shape index (κ3) is 5.79. The molecular formula is C21H24BrN3O3. The van der Waals surface area contributed by atoms with Gasteiger partial charge in [-0.25, -0.2) is 4.98 Å². The molecule has 0 spiro atoms. The molecular weight excluding hydrogens is 422 g/mol. The van der Waals surface area contributed by atoms with Crippen molar-refractivity contribution in [2.24, 2.45) is 5.92 Å². The number of nitrogens with one attached hydrogen (secondary N) is 2. The summed E-state index contributed by atoms with van der Waals surface area (Å²) >= 11 is 3.37. The van der Waals surface area contributed by atoms with Crippen LogP contribution in [0.5, 0.6) is 11.6 Å². The summed E-state index contributed by atoms with van der Waals surface area (Å²) in [5.74, 6) is 0.764. The number of benzene rings is 1. The lowest BCUT2D eigenvalue weighted by atomic mass is 9.89. The second-order valence-corrected chi connectivity index (χ2v) is 7.71. The van der Waals surface area contributed by atoms with E-state index in [4.69, 9.17) is 4.74 Å². The maximum Gasteiger partial charge on any atom is 0.256 e. The van der Waals surface area contributed by atoms with Crippen molar-refractivity contribution in [2.75, 3.05) is 13.1 Å². The number of carbonyl (C=O) groups is 2. The zero-order valence-electron chi connectivity index (χ0n) is 15.6. The molecule has 1 aromatic heterocycles. The molecule has 2 aromatic rings. The van der Waals surface area contributed by atoms with Crippen LogP contribution in [0.15, 0.2) is 47.1 Å². The lowest BCUT2D eigenvalue weighted by Crippen LogP contribution is -2.38. The molecule has 6 nitrogen and oxygen atoms in total. The Balaban J connectivity index is 1.50. The number of nitrogens with zero attached hydrogens (tertiary/aromatic N) is 1. The Bertz CT molecular complexity index is 805.